The smallest absolute Gasteiger partial charge is 0.126 e. The molecule has 0 radical (unpaired) electrons. The molecule has 2 aromatic rings. The number of benzene rings is 2. The summed E-state index contributed by atoms with van der Waals surface area (Å²) in [7, 11) is 0. The van der Waals surface area contributed by atoms with Crippen LogP contribution in [0.3, 0.4) is 0 Å². The summed E-state index contributed by atoms with van der Waals surface area (Å²) >= 11 is 6.08. The van der Waals surface area contributed by atoms with Crippen LogP contribution in [0.15, 0.2) is 48.5 Å². The highest BCUT2D eigenvalue weighted by Crippen LogP contribution is 2.25. The van der Waals surface area contributed by atoms with Crippen LogP contribution in [0.25, 0.3) is 0 Å². The monoisotopic (exact) mass is 280 g/mol. The summed E-state index contributed by atoms with van der Waals surface area (Å²) < 4.78 is 18.5. The molecule has 100 valence electrons. The van der Waals surface area contributed by atoms with Crippen LogP contribution in [0.4, 0.5) is 4.39 Å². The average molecular weight is 281 g/mol. The summed E-state index contributed by atoms with van der Waals surface area (Å²) in [5.74, 6) is -0.154. The second kappa shape index (κ2) is 6.55. The first-order valence-electron chi connectivity index (χ1n) is 5.94. The van der Waals surface area contributed by atoms with Crippen LogP contribution in [0.5, 0.6) is 5.75 Å². The van der Waals surface area contributed by atoms with Crippen molar-refractivity contribution in [3.05, 3.63) is 64.9 Å². The van der Waals surface area contributed by atoms with Gasteiger partial charge in [-0.25, -0.2) is 4.39 Å². The number of halogens is 2. The standard InChI is InChI=1S/C15H14ClFO2/c16-15-7-2-1-6-14(15)11(9-18)10-19-13-5-3-4-12(17)8-13/h1-8,11,18H,9-10H2. The van der Waals surface area contributed by atoms with Crippen LogP contribution in [0.1, 0.15) is 11.5 Å². The minimum absolute atomic E-state index is 0.0843. The zero-order valence-electron chi connectivity index (χ0n) is 10.2. The van der Waals surface area contributed by atoms with E-state index in [9.17, 15) is 9.50 Å². The van der Waals surface area contributed by atoms with Gasteiger partial charge in [0.15, 0.2) is 0 Å². The molecule has 2 nitrogen and oxygen atoms in total. The summed E-state index contributed by atoms with van der Waals surface area (Å²) in [4.78, 5) is 0. The molecule has 0 amide bonds. The maximum absolute atomic E-state index is 13.0. The highest BCUT2D eigenvalue weighted by molar-refractivity contribution is 6.31. The fraction of sp³-hybridized carbons (Fsp3) is 0.200. The number of aliphatic hydroxyl groups is 1. The van der Waals surface area contributed by atoms with Crippen molar-refractivity contribution < 1.29 is 14.2 Å². The van der Waals surface area contributed by atoms with Gasteiger partial charge >= 0.3 is 0 Å². The molecule has 1 atom stereocenters. The van der Waals surface area contributed by atoms with Crippen LogP contribution >= 0.6 is 11.6 Å². The highest BCUT2D eigenvalue weighted by Gasteiger charge is 2.14. The lowest BCUT2D eigenvalue weighted by Gasteiger charge is -2.17. The third kappa shape index (κ3) is 3.69. The number of hydrogen-bond acceptors (Lipinski definition) is 2. The Morgan fingerprint density at radius 2 is 1.95 bits per heavy atom. The first-order chi connectivity index (χ1) is 9.20. The second-order valence-corrected chi connectivity index (χ2v) is 4.58. The zero-order valence-corrected chi connectivity index (χ0v) is 11.0. The second-order valence-electron chi connectivity index (χ2n) is 4.17. The van der Waals surface area contributed by atoms with E-state index in [-0.39, 0.29) is 24.9 Å². The van der Waals surface area contributed by atoms with Crippen LogP contribution in [0.2, 0.25) is 5.02 Å². The van der Waals surface area contributed by atoms with Crippen molar-refractivity contribution in [3.63, 3.8) is 0 Å². The van der Waals surface area contributed by atoms with Crippen LogP contribution < -0.4 is 4.74 Å². The largest absolute Gasteiger partial charge is 0.493 e. The molecular weight excluding hydrogens is 267 g/mol. The zero-order chi connectivity index (χ0) is 13.7. The lowest BCUT2D eigenvalue weighted by molar-refractivity contribution is 0.205. The van der Waals surface area contributed by atoms with E-state index in [1.54, 1.807) is 18.2 Å². The fourth-order valence-electron chi connectivity index (χ4n) is 1.80. The number of rotatable bonds is 5. The van der Waals surface area contributed by atoms with Crippen molar-refractivity contribution in [3.8, 4) is 5.75 Å². The third-order valence-electron chi connectivity index (χ3n) is 2.81. The Hall–Kier alpha value is -1.58. The van der Waals surface area contributed by atoms with E-state index >= 15 is 0 Å². The van der Waals surface area contributed by atoms with Crippen LogP contribution in [-0.2, 0) is 0 Å². The van der Waals surface area contributed by atoms with Crippen molar-refractivity contribution >= 4 is 11.6 Å². The number of aliphatic hydroxyl groups excluding tert-OH is 1. The molecule has 0 aromatic heterocycles. The van der Waals surface area contributed by atoms with Gasteiger partial charge in [-0.2, -0.15) is 0 Å². The summed E-state index contributed by atoms with van der Waals surface area (Å²) in [5.41, 5.74) is 0.822. The molecule has 1 unspecified atom stereocenters. The predicted molar refractivity (Wildman–Crippen MR) is 73.2 cm³/mol. The van der Waals surface area contributed by atoms with E-state index in [1.165, 1.54) is 12.1 Å². The van der Waals surface area contributed by atoms with E-state index < -0.39 is 0 Å². The Labute approximate surface area is 116 Å². The maximum Gasteiger partial charge on any atom is 0.126 e. The van der Waals surface area contributed by atoms with Gasteiger partial charge in [0.1, 0.15) is 11.6 Å². The van der Waals surface area contributed by atoms with Gasteiger partial charge in [0.25, 0.3) is 0 Å². The van der Waals surface area contributed by atoms with Crippen molar-refractivity contribution in [1.29, 1.82) is 0 Å². The Kier molecular flexibility index (Phi) is 4.77. The van der Waals surface area contributed by atoms with E-state index in [2.05, 4.69) is 0 Å². The SMILES string of the molecule is OCC(COc1cccc(F)c1)c1ccccc1Cl. The Balaban J connectivity index is 2.06. The summed E-state index contributed by atoms with van der Waals surface area (Å²) in [6, 6.07) is 13.2. The number of ether oxygens (including phenoxy) is 1. The van der Waals surface area contributed by atoms with Crippen molar-refractivity contribution in [1.82, 2.24) is 0 Å². The molecule has 2 rings (SSSR count). The van der Waals surface area contributed by atoms with Gasteiger partial charge in [-0.1, -0.05) is 35.9 Å². The van der Waals surface area contributed by atoms with Gasteiger partial charge in [-0.3, -0.25) is 0 Å². The van der Waals surface area contributed by atoms with Gasteiger partial charge in [-0.15, -0.1) is 0 Å². The van der Waals surface area contributed by atoms with Gasteiger partial charge in [0, 0.05) is 17.0 Å². The lowest BCUT2D eigenvalue weighted by atomic mass is 10.0. The van der Waals surface area contributed by atoms with E-state index in [0.717, 1.165) is 5.56 Å². The van der Waals surface area contributed by atoms with Crippen LogP contribution in [-0.4, -0.2) is 18.3 Å². The predicted octanol–water partition coefficient (Wildman–Crippen LogP) is 3.63. The molecule has 0 saturated carbocycles. The van der Waals surface area contributed by atoms with E-state index in [0.29, 0.717) is 10.8 Å². The molecule has 0 saturated heterocycles. The van der Waals surface area contributed by atoms with E-state index in [1.807, 2.05) is 18.2 Å². The van der Waals surface area contributed by atoms with Crippen molar-refractivity contribution in [2.24, 2.45) is 0 Å². The molecular formula is C15H14ClFO2. The minimum Gasteiger partial charge on any atom is -0.493 e. The molecule has 1 N–H and O–H groups in total. The molecule has 0 aliphatic heterocycles. The number of hydrogen-bond donors (Lipinski definition) is 1. The molecule has 0 bridgehead atoms. The van der Waals surface area contributed by atoms with Gasteiger partial charge in [-0.05, 0) is 23.8 Å². The fourth-order valence-corrected chi connectivity index (χ4v) is 2.09. The molecule has 2 aromatic carbocycles. The summed E-state index contributed by atoms with van der Waals surface area (Å²) in [6.07, 6.45) is 0. The lowest BCUT2D eigenvalue weighted by Crippen LogP contribution is -2.14. The maximum atomic E-state index is 13.0. The minimum atomic E-state index is -0.351. The molecule has 0 aliphatic carbocycles. The van der Waals surface area contributed by atoms with Crippen LogP contribution in [0, 0.1) is 5.82 Å². The average Bonchev–Trinajstić information content (AvgIpc) is 2.41. The summed E-state index contributed by atoms with van der Waals surface area (Å²) in [6.45, 7) is 0.155. The Bertz CT molecular complexity index is 545. The molecule has 0 aliphatic rings. The first-order valence-corrected chi connectivity index (χ1v) is 6.32. The Morgan fingerprint density at radius 3 is 2.63 bits per heavy atom. The molecule has 19 heavy (non-hydrogen) atoms. The first kappa shape index (κ1) is 13.8. The molecule has 0 fully saturated rings. The third-order valence-corrected chi connectivity index (χ3v) is 3.16. The summed E-state index contributed by atoms with van der Waals surface area (Å²) in [5, 5.41) is 10.0. The van der Waals surface area contributed by atoms with Crippen molar-refractivity contribution in [2.75, 3.05) is 13.2 Å². The van der Waals surface area contributed by atoms with Gasteiger partial charge in [0.05, 0.1) is 13.2 Å². The van der Waals surface area contributed by atoms with Gasteiger partial charge < -0.3 is 9.84 Å². The molecule has 4 heteroatoms. The highest BCUT2D eigenvalue weighted by atomic mass is 35.5. The topological polar surface area (TPSA) is 29.5 Å². The van der Waals surface area contributed by atoms with Gasteiger partial charge in [0.2, 0.25) is 0 Å². The van der Waals surface area contributed by atoms with E-state index in [4.69, 9.17) is 16.3 Å². The van der Waals surface area contributed by atoms with Crippen molar-refractivity contribution in [2.45, 2.75) is 5.92 Å². The Morgan fingerprint density at radius 1 is 1.16 bits per heavy atom. The molecule has 0 heterocycles. The molecule has 0 spiro atoms. The normalized spacial score (nSPS) is 12.2. The quantitative estimate of drug-likeness (QED) is 0.906.